The first-order valence-electron chi connectivity index (χ1n) is 5.36. The standard InChI is InChI=1S/C11H17N5S/c1-8(2)15-10(12)16-11(17)14-7-9-5-3-4-6-13-9/h3-6,8H,7H2,1-2H3,(H4,12,14,15,16,17). The average molecular weight is 251 g/mol. The van der Waals surface area contributed by atoms with Crippen molar-refractivity contribution in [1.29, 1.82) is 0 Å². The van der Waals surface area contributed by atoms with E-state index in [1.54, 1.807) is 6.20 Å². The molecule has 1 aromatic rings. The molecule has 0 saturated heterocycles. The fraction of sp³-hybridized carbons (Fsp3) is 0.364. The Bertz CT molecular complexity index is 388. The smallest absolute Gasteiger partial charge is 0.195 e. The maximum absolute atomic E-state index is 5.64. The second-order valence-corrected chi connectivity index (χ2v) is 4.15. The number of nitrogens with zero attached hydrogens (tertiary/aromatic N) is 2. The van der Waals surface area contributed by atoms with Crippen molar-refractivity contribution in [1.82, 2.24) is 15.6 Å². The van der Waals surface area contributed by atoms with Gasteiger partial charge in [0.2, 0.25) is 0 Å². The summed E-state index contributed by atoms with van der Waals surface area (Å²) in [6.45, 7) is 4.44. The van der Waals surface area contributed by atoms with Crippen LogP contribution in [0, 0.1) is 0 Å². The Morgan fingerprint density at radius 1 is 1.53 bits per heavy atom. The molecule has 1 aromatic heterocycles. The Labute approximate surface area is 107 Å². The van der Waals surface area contributed by atoms with Crippen molar-refractivity contribution < 1.29 is 0 Å². The van der Waals surface area contributed by atoms with Gasteiger partial charge in [-0.1, -0.05) is 6.07 Å². The van der Waals surface area contributed by atoms with Crippen LogP contribution in [0.5, 0.6) is 0 Å². The molecule has 0 aliphatic rings. The molecular weight excluding hydrogens is 234 g/mol. The fourth-order valence-electron chi connectivity index (χ4n) is 1.14. The van der Waals surface area contributed by atoms with E-state index >= 15 is 0 Å². The van der Waals surface area contributed by atoms with E-state index in [4.69, 9.17) is 18.0 Å². The highest BCUT2D eigenvalue weighted by Crippen LogP contribution is 1.91. The van der Waals surface area contributed by atoms with Crippen LogP contribution in [0.3, 0.4) is 0 Å². The zero-order valence-electron chi connectivity index (χ0n) is 9.97. The van der Waals surface area contributed by atoms with Gasteiger partial charge in [-0.05, 0) is 38.2 Å². The van der Waals surface area contributed by atoms with E-state index < -0.39 is 0 Å². The highest BCUT2D eigenvalue weighted by Gasteiger charge is 1.99. The highest BCUT2D eigenvalue weighted by molar-refractivity contribution is 7.80. The second-order valence-electron chi connectivity index (χ2n) is 3.74. The molecule has 0 aromatic carbocycles. The van der Waals surface area contributed by atoms with Crippen LogP contribution in [0.4, 0.5) is 0 Å². The molecule has 6 heteroatoms. The number of pyridine rings is 1. The molecule has 0 fully saturated rings. The van der Waals surface area contributed by atoms with Crippen LogP contribution in [-0.2, 0) is 6.54 Å². The summed E-state index contributed by atoms with van der Waals surface area (Å²) in [5.41, 5.74) is 6.55. The summed E-state index contributed by atoms with van der Waals surface area (Å²) in [6.07, 6.45) is 1.74. The number of aliphatic imine (C=N–C) groups is 1. The van der Waals surface area contributed by atoms with E-state index in [0.29, 0.717) is 17.6 Å². The summed E-state index contributed by atoms with van der Waals surface area (Å²) in [5, 5.41) is 6.24. The molecular formula is C11H17N5S. The van der Waals surface area contributed by atoms with Gasteiger partial charge in [0.15, 0.2) is 11.1 Å². The Hall–Kier alpha value is -1.69. The van der Waals surface area contributed by atoms with E-state index in [-0.39, 0.29) is 6.04 Å². The summed E-state index contributed by atoms with van der Waals surface area (Å²) in [6, 6.07) is 5.85. The van der Waals surface area contributed by atoms with Crippen molar-refractivity contribution in [2.24, 2.45) is 10.7 Å². The third-order valence-corrected chi connectivity index (χ3v) is 2.04. The molecule has 0 saturated carbocycles. The lowest BCUT2D eigenvalue weighted by Gasteiger charge is -2.10. The van der Waals surface area contributed by atoms with Gasteiger partial charge in [0.25, 0.3) is 0 Å². The Balaban J connectivity index is 2.36. The molecule has 0 radical (unpaired) electrons. The monoisotopic (exact) mass is 251 g/mol. The normalized spacial score (nSPS) is 11.4. The molecule has 0 unspecified atom stereocenters. The van der Waals surface area contributed by atoms with Gasteiger partial charge in [-0.15, -0.1) is 0 Å². The number of thiocarbonyl (C=S) groups is 1. The first-order chi connectivity index (χ1) is 8.08. The molecule has 0 atom stereocenters. The number of rotatable bonds is 3. The van der Waals surface area contributed by atoms with Crippen molar-refractivity contribution in [3.05, 3.63) is 30.1 Å². The fourth-order valence-corrected chi connectivity index (χ4v) is 1.32. The number of hydrogen-bond acceptors (Lipinski definition) is 3. The van der Waals surface area contributed by atoms with E-state index in [2.05, 4.69) is 20.6 Å². The minimum absolute atomic E-state index is 0.140. The predicted octanol–water partition coefficient (Wildman–Crippen LogP) is 0.769. The van der Waals surface area contributed by atoms with Gasteiger partial charge in [0.05, 0.1) is 12.2 Å². The van der Waals surface area contributed by atoms with Crippen molar-refractivity contribution in [3.8, 4) is 0 Å². The van der Waals surface area contributed by atoms with Crippen molar-refractivity contribution in [3.63, 3.8) is 0 Å². The van der Waals surface area contributed by atoms with Gasteiger partial charge < -0.3 is 16.4 Å². The second kappa shape index (κ2) is 6.80. The van der Waals surface area contributed by atoms with Crippen molar-refractivity contribution in [2.45, 2.75) is 26.4 Å². The largest absolute Gasteiger partial charge is 0.370 e. The van der Waals surface area contributed by atoms with Crippen LogP contribution in [0.15, 0.2) is 29.4 Å². The lowest BCUT2D eigenvalue weighted by Crippen LogP contribution is -2.43. The maximum Gasteiger partial charge on any atom is 0.195 e. The van der Waals surface area contributed by atoms with Crippen LogP contribution in [0.2, 0.25) is 0 Å². The van der Waals surface area contributed by atoms with E-state index in [1.165, 1.54) is 0 Å². The Morgan fingerprint density at radius 3 is 2.88 bits per heavy atom. The maximum atomic E-state index is 5.64. The number of nitrogens with one attached hydrogen (secondary N) is 2. The molecule has 17 heavy (non-hydrogen) atoms. The third-order valence-electron chi connectivity index (χ3n) is 1.80. The van der Waals surface area contributed by atoms with Crippen LogP contribution < -0.4 is 16.4 Å². The predicted molar refractivity (Wildman–Crippen MR) is 73.6 cm³/mol. The lowest BCUT2D eigenvalue weighted by atomic mass is 10.3. The highest BCUT2D eigenvalue weighted by atomic mass is 32.1. The van der Waals surface area contributed by atoms with E-state index in [9.17, 15) is 0 Å². The van der Waals surface area contributed by atoms with Gasteiger partial charge >= 0.3 is 0 Å². The van der Waals surface area contributed by atoms with Crippen molar-refractivity contribution >= 4 is 23.3 Å². The molecule has 1 rings (SSSR count). The summed E-state index contributed by atoms with van der Waals surface area (Å²) >= 11 is 5.07. The topological polar surface area (TPSA) is 75.3 Å². The summed E-state index contributed by atoms with van der Waals surface area (Å²) in [5.74, 6) is 0.318. The van der Waals surface area contributed by atoms with E-state index in [1.807, 2.05) is 32.0 Å². The molecule has 0 amide bonds. The lowest BCUT2D eigenvalue weighted by molar-refractivity contribution is 0.822. The Kier molecular flexibility index (Phi) is 5.35. The summed E-state index contributed by atoms with van der Waals surface area (Å²) in [4.78, 5) is 8.28. The average Bonchev–Trinajstić information content (AvgIpc) is 2.26. The Morgan fingerprint density at radius 2 is 2.29 bits per heavy atom. The summed E-state index contributed by atoms with van der Waals surface area (Å²) in [7, 11) is 0. The minimum Gasteiger partial charge on any atom is -0.370 e. The van der Waals surface area contributed by atoms with Gasteiger partial charge in [0.1, 0.15) is 0 Å². The van der Waals surface area contributed by atoms with Gasteiger partial charge in [-0.3, -0.25) is 9.98 Å². The zero-order chi connectivity index (χ0) is 12.7. The minimum atomic E-state index is 0.140. The molecule has 0 aliphatic heterocycles. The van der Waals surface area contributed by atoms with Crippen LogP contribution in [0.25, 0.3) is 0 Å². The molecule has 4 N–H and O–H groups in total. The zero-order valence-corrected chi connectivity index (χ0v) is 10.8. The molecule has 1 heterocycles. The van der Waals surface area contributed by atoms with Gasteiger partial charge in [-0.25, -0.2) is 0 Å². The quantitative estimate of drug-likeness (QED) is 0.420. The van der Waals surface area contributed by atoms with Crippen molar-refractivity contribution in [2.75, 3.05) is 0 Å². The van der Waals surface area contributed by atoms with Gasteiger partial charge in [-0.2, -0.15) is 0 Å². The number of hydrogen-bond donors (Lipinski definition) is 3. The SMILES string of the molecule is CC(C)N=C(N)NC(=S)NCc1ccccn1. The third kappa shape index (κ3) is 5.82. The van der Waals surface area contributed by atoms with Crippen LogP contribution in [-0.4, -0.2) is 22.1 Å². The molecule has 5 nitrogen and oxygen atoms in total. The molecule has 92 valence electrons. The number of aromatic nitrogens is 1. The van der Waals surface area contributed by atoms with Crippen LogP contribution in [0.1, 0.15) is 19.5 Å². The number of nitrogens with two attached hydrogens (primary N) is 1. The first kappa shape index (κ1) is 13.4. The first-order valence-corrected chi connectivity index (χ1v) is 5.77. The molecule has 0 spiro atoms. The van der Waals surface area contributed by atoms with Gasteiger partial charge in [0, 0.05) is 12.2 Å². The van der Waals surface area contributed by atoms with E-state index in [0.717, 1.165) is 5.69 Å². The number of guanidine groups is 1. The molecule has 0 bridgehead atoms. The van der Waals surface area contributed by atoms with Crippen LogP contribution >= 0.6 is 12.2 Å². The molecule has 0 aliphatic carbocycles. The summed E-state index contributed by atoms with van der Waals surface area (Å²) < 4.78 is 0.